The first kappa shape index (κ1) is 15.2. The number of pyridine rings is 1. The third-order valence-corrected chi connectivity index (χ3v) is 3.63. The summed E-state index contributed by atoms with van der Waals surface area (Å²) in [6, 6.07) is 3.74. The fourth-order valence-corrected chi connectivity index (χ4v) is 2.59. The fourth-order valence-electron chi connectivity index (χ4n) is 2.45. The Kier molecular flexibility index (Phi) is 3.78. The number of nitrogens with one attached hydrogen (secondary N) is 3. The molecular weight excluding hydrogens is 306 g/mol. The van der Waals surface area contributed by atoms with Crippen LogP contribution in [0.5, 0.6) is 0 Å². The SMILES string of the molecule is CC(C)(C)OC(=O)NC1CN(C2Nc3ccc(Cl)nc3N2)C1. The van der Waals surface area contributed by atoms with Crippen LogP contribution in [0.25, 0.3) is 0 Å². The van der Waals surface area contributed by atoms with Crippen molar-refractivity contribution in [3.05, 3.63) is 17.3 Å². The van der Waals surface area contributed by atoms with Gasteiger partial charge in [-0.1, -0.05) is 11.6 Å². The molecule has 8 heteroatoms. The number of aromatic nitrogens is 1. The van der Waals surface area contributed by atoms with Gasteiger partial charge >= 0.3 is 6.09 Å². The van der Waals surface area contributed by atoms with Crippen LogP contribution in [-0.2, 0) is 4.74 Å². The highest BCUT2D eigenvalue weighted by atomic mass is 35.5. The molecular formula is C14H20ClN5O2. The number of carbonyl (C=O) groups excluding carboxylic acids is 1. The summed E-state index contributed by atoms with van der Waals surface area (Å²) in [5, 5.41) is 9.91. The van der Waals surface area contributed by atoms with Crippen molar-refractivity contribution in [2.45, 2.75) is 38.7 Å². The van der Waals surface area contributed by atoms with Crippen LogP contribution in [0, 0.1) is 0 Å². The van der Waals surface area contributed by atoms with E-state index in [1.54, 1.807) is 6.07 Å². The summed E-state index contributed by atoms with van der Waals surface area (Å²) in [4.78, 5) is 18.1. The van der Waals surface area contributed by atoms with Gasteiger partial charge in [-0.3, -0.25) is 4.90 Å². The Labute approximate surface area is 134 Å². The highest BCUT2D eigenvalue weighted by molar-refractivity contribution is 6.29. The molecule has 1 fully saturated rings. The normalized spacial score (nSPS) is 21.4. The number of fused-ring (bicyclic) bond motifs is 1. The first-order valence-electron chi connectivity index (χ1n) is 7.23. The van der Waals surface area contributed by atoms with Crippen molar-refractivity contribution in [3.63, 3.8) is 0 Å². The zero-order valence-electron chi connectivity index (χ0n) is 12.8. The lowest BCUT2D eigenvalue weighted by Crippen LogP contribution is -2.64. The highest BCUT2D eigenvalue weighted by Gasteiger charge is 2.37. The van der Waals surface area contributed by atoms with Crippen molar-refractivity contribution >= 4 is 29.2 Å². The van der Waals surface area contributed by atoms with Crippen molar-refractivity contribution in [1.82, 2.24) is 15.2 Å². The van der Waals surface area contributed by atoms with Gasteiger partial charge in [-0.15, -0.1) is 0 Å². The summed E-state index contributed by atoms with van der Waals surface area (Å²) in [6.07, 6.45) is -0.404. The average molecular weight is 326 g/mol. The van der Waals surface area contributed by atoms with E-state index in [9.17, 15) is 4.79 Å². The largest absolute Gasteiger partial charge is 0.444 e. The minimum absolute atomic E-state index is 0.0300. The average Bonchev–Trinajstić information content (AvgIpc) is 2.73. The Morgan fingerprint density at radius 1 is 1.41 bits per heavy atom. The molecule has 7 nitrogen and oxygen atoms in total. The van der Waals surface area contributed by atoms with E-state index in [1.807, 2.05) is 26.8 Å². The minimum atomic E-state index is -0.478. The zero-order valence-corrected chi connectivity index (χ0v) is 13.6. The minimum Gasteiger partial charge on any atom is -0.444 e. The molecule has 3 rings (SSSR count). The number of nitrogens with zero attached hydrogens (tertiary/aromatic N) is 2. The highest BCUT2D eigenvalue weighted by Crippen LogP contribution is 2.30. The quantitative estimate of drug-likeness (QED) is 0.722. The Morgan fingerprint density at radius 3 is 2.82 bits per heavy atom. The summed E-state index contributed by atoms with van der Waals surface area (Å²) in [5.41, 5.74) is 0.451. The fraction of sp³-hybridized carbons (Fsp3) is 0.571. The van der Waals surface area contributed by atoms with E-state index in [0.717, 1.165) is 24.6 Å². The Hall–Kier alpha value is -1.73. The maximum Gasteiger partial charge on any atom is 0.407 e. The lowest BCUT2D eigenvalue weighted by atomic mass is 10.1. The van der Waals surface area contributed by atoms with Gasteiger partial charge in [0.15, 0.2) is 12.1 Å². The lowest BCUT2D eigenvalue weighted by molar-refractivity contribution is 0.0370. The molecule has 120 valence electrons. The summed E-state index contributed by atoms with van der Waals surface area (Å²) in [7, 11) is 0. The number of rotatable bonds is 2. The maximum atomic E-state index is 11.7. The molecule has 1 saturated heterocycles. The molecule has 2 aliphatic heterocycles. The second-order valence-electron chi connectivity index (χ2n) is 6.52. The molecule has 0 spiro atoms. The Bertz CT molecular complexity index is 583. The van der Waals surface area contributed by atoms with E-state index in [-0.39, 0.29) is 18.4 Å². The van der Waals surface area contributed by atoms with Gasteiger partial charge in [-0.25, -0.2) is 9.78 Å². The summed E-state index contributed by atoms with van der Waals surface area (Å²) in [6.45, 7) is 7.03. The monoisotopic (exact) mass is 325 g/mol. The molecule has 22 heavy (non-hydrogen) atoms. The molecule has 1 atom stereocenters. The number of amides is 1. The van der Waals surface area contributed by atoms with Crippen LogP contribution in [0.2, 0.25) is 5.15 Å². The van der Waals surface area contributed by atoms with Crippen molar-refractivity contribution < 1.29 is 9.53 Å². The smallest absolute Gasteiger partial charge is 0.407 e. The molecule has 2 aliphatic rings. The molecule has 0 bridgehead atoms. The van der Waals surface area contributed by atoms with Crippen LogP contribution in [0.15, 0.2) is 12.1 Å². The number of hydrogen-bond acceptors (Lipinski definition) is 6. The molecule has 0 aliphatic carbocycles. The molecule has 1 unspecified atom stereocenters. The van der Waals surface area contributed by atoms with E-state index in [2.05, 4.69) is 25.8 Å². The van der Waals surface area contributed by atoms with Crippen LogP contribution in [0.1, 0.15) is 20.8 Å². The van der Waals surface area contributed by atoms with Gasteiger partial charge in [0.05, 0.1) is 11.7 Å². The lowest BCUT2D eigenvalue weighted by Gasteiger charge is -2.42. The Morgan fingerprint density at radius 2 is 2.14 bits per heavy atom. The number of likely N-dealkylation sites (tertiary alicyclic amines) is 1. The first-order chi connectivity index (χ1) is 10.3. The molecule has 0 saturated carbocycles. The number of anilines is 2. The maximum absolute atomic E-state index is 11.7. The van der Waals surface area contributed by atoms with E-state index in [1.165, 1.54) is 0 Å². The van der Waals surface area contributed by atoms with Gasteiger partial charge in [0.2, 0.25) is 0 Å². The van der Waals surface area contributed by atoms with E-state index < -0.39 is 5.60 Å². The number of hydrogen-bond donors (Lipinski definition) is 3. The number of ether oxygens (including phenoxy) is 1. The predicted molar refractivity (Wildman–Crippen MR) is 85.0 cm³/mol. The van der Waals surface area contributed by atoms with Crippen LogP contribution in [0.3, 0.4) is 0 Å². The molecule has 3 N–H and O–H groups in total. The van der Waals surface area contributed by atoms with E-state index >= 15 is 0 Å². The third-order valence-electron chi connectivity index (χ3n) is 3.42. The zero-order chi connectivity index (χ0) is 15.9. The van der Waals surface area contributed by atoms with Crippen molar-refractivity contribution in [2.75, 3.05) is 23.7 Å². The van der Waals surface area contributed by atoms with Crippen molar-refractivity contribution in [3.8, 4) is 0 Å². The van der Waals surface area contributed by atoms with Gasteiger partial charge < -0.3 is 20.7 Å². The van der Waals surface area contributed by atoms with Gasteiger partial charge in [0.1, 0.15) is 10.8 Å². The van der Waals surface area contributed by atoms with Crippen LogP contribution in [-0.4, -0.2) is 47.0 Å². The van der Waals surface area contributed by atoms with Crippen LogP contribution < -0.4 is 16.0 Å². The van der Waals surface area contributed by atoms with Crippen LogP contribution >= 0.6 is 11.6 Å². The van der Waals surface area contributed by atoms with Gasteiger partial charge in [0, 0.05) is 13.1 Å². The first-order valence-corrected chi connectivity index (χ1v) is 7.61. The molecule has 0 radical (unpaired) electrons. The molecule has 0 aromatic carbocycles. The summed E-state index contributed by atoms with van der Waals surface area (Å²) in [5.74, 6) is 0.751. The molecule has 1 aromatic heterocycles. The van der Waals surface area contributed by atoms with Gasteiger partial charge in [0.25, 0.3) is 0 Å². The third kappa shape index (κ3) is 3.36. The number of alkyl carbamates (subject to hydrolysis) is 1. The number of halogens is 1. The molecule has 1 aromatic rings. The molecule has 3 heterocycles. The van der Waals surface area contributed by atoms with E-state index in [0.29, 0.717) is 5.15 Å². The Balaban J connectivity index is 1.46. The van der Waals surface area contributed by atoms with Crippen molar-refractivity contribution in [1.29, 1.82) is 0 Å². The van der Waals surface area contributed by atoms with Gasteiger partial charge in [-0.05, 0) is 32.9 Å². The predicted octanol–water partition coefficient (Wildman–Crippen LogP) is 2.06. The topological polar surface area (TPSA) is 78.5 Å². The summed E-state index contributed by atoms with van der Waals surface area (Å²) < 4.78 is 5.24. The second-order valence-corrected chi connectivity index (χ2v) is 6.91. The molecule has 1 amide bonds. The second kappa shape index (κ2) is 5.48. The van der Waals surface area contributed by atoms with Gasteiger partial charge in [-0.2, -0.15) is 0 Å². The van der Waals surface area contributed by atoms with Crippen LogP contribution in [0.4, 0.5) is 16.3 Å². The van der Waals surface area contributed by atoms with Crippen molar-refractivity contribution in [2.24, 2.45) is 0 Å². The number of carbonyl (C=O) groups is 1. The summed E-state index contributed by atoms with van der Waals surface area (Å²) >= 11 is 5.88. The van der Waals surface area contributed by atoms with E-state index in [4.69, 9.17) is 16.3 Å². The standard InChI is InChI=1S/C14H20ClN5O2/c1-14(2,3)22-13(21)16-8-6-20(7-8)12-17-9-4-5-10(15)18-11(9)19-12/h4-5,8,12,17H,6-7H2,1-3H3,(H,16,21)(H,18,19).